The number of pyridine rings is 1. The molecule has 0 aliphatic carbocycles. The van der Waals surface area contributed by atoms with Gasteiger partial charge in [0, 0.05) is 5.56 Å². The van der Waals surface area contributed by atoms with Crippen LogP contribution in [0.4, 0.5) is 11.5 Å². The van der Waals surface area contributed by atoms with Crippen molar-refractivity contribution in [3.63, 3.8) is 0 Å². The molecule has 0 unspecified atom stereocenters. The highest BCUT2D eigenvalue weighted by atomic mass is 32.1. The third-order valence-corrected chi connectivity index (χ3v) is 3.23. The number of anilines is 1. The van der Waals surface area contributed by atoms with Gasteiger partial charge in [-0.3, -0.25) is 0 Å². The number of nitrogen functional groups attached to an aromatic ring is 1. The zero-order valence-electron chi connectivity index (χ0n) is 11.4. The quantitative estimate of drug-likeness (QED) is 0.595. The molecule has 3 N–H and O–H groups in total. The van der Waals surface area contributed by atoms with Gasteiger partial charge in [0.25, 0.3) is 0 Å². The Labute approximate surface area is 133 Å². The second-order valence-electron chi connectivity index (χ2n) is 4.24. The number of nitrogens with two attached hydrogens (primary N) is 1. The molecule has 0 bridgehead atoms. The van der Waals surface area contributed by atoms with E-state index in [4.69, 9.17) is 22.1 Å². The number of aliphatic hydroxyl groups excluding tert-OH is 1. The Morgan fingerprint density at radius 2 is 2.09 bits per heavy atom. The predicted octanol–water partition coefficient (Wildman–Crippen LogP) is 2.41. The molecule has 0 aliphatic rings. The fourth-order valence-electron chi connectivity index (χ4n) is 1.96. The molecule has 7 heteroatoms. The molecule has 0 saturated carbocycles. The molecule has 0 amide bonds. The SMILES string of the molecule is [C-]#[N+]c1c(N)nc(S)c(C#N)c1-c1ccc(OCCO)cc1. The Morgan fingerprint density at radius 1 is 1.41 bits per heavy atom. The summed E-state index contributed by atoms with van der Waals surface area (Å²) in [5, 5.41) is 18.2. The van der Waals surface area contributed by atoms with E-state index in [1.165, 1.54) is 0 Å². The van der Waals surface area contributed by atoms with Crippen molar-refractivity contribution in [3.8, 4) is 22.9 Å². The first-order valence-electron chi connectivity index (χ1n) is 6.26. The summed E-state index contributed by atoms with van der Waals surface area (Å²) in [6, 6.07) is 8.81. The molecule has 110 valence electrons. The van der Waals surface area contributed by atoms with Crippen LogP contribution in [0.25, 0.3) is 16.0 Å². The van der Waals surface area contributed by atoms with Crippen LogP contribution in [0.5, 0.6) is 5.75 Å². The fourth-order valence-corrected chi connectivity index (χ4v) is 2.23. The molecule has 2 aromatic rings. The van der Waals surface area contributed by atoms with Crippen molar-refractivity contribution in [2.75, 3.05) is 18.9 Å². The third-order valence-electron chi connectivity index (χ3n) is 2.91. The number of thiol groups is 1. The Kier molecular flexibility index (Phi) is 4.84. The first-order chi connectivity index (χ1) is 10.6. The Hall–Kier alpha value is -2.74. The highest BCUT2D eigenvalue weighted by Crippen LogP contribution is 2.39. The summed E-state index contributed by atoms with van der Waals surface area (Å²) in [5.41, 5.74) is 7.13. The van der Waals surface area contributed by atoms with Gasteiger partial charge in [0.05, 0.1) is 18.7 Å². The van der Waals surface area contributed by atoms with Crippen LogP contribution in [0, 0.1) is 17.9 Å². The molecule has 0 atom stereocenters. The van der Waals surface area contributed by atoms with Crippen molar-refractivity contribution in [1.82, 2.24) is 4.98 Å². The lowest BCUT2D eigenvalue weighted by molar-refractivity contribution is 0.201. The van der Waals surface area contributed by atoms with Crippen molar-refractivity contribution >= 4 is 24.1 Å². The molecule has 0 spiro atoms. The summed E-state index contributed by atoms with van der Waals surface area (Å²) in [5.74, 6) is 0.614. The smallest absolute Gasteiger partial charge is 0.236 e. The summed E-state index contributed by atoms with van der Waals surface area (Å²) in [6.07, 6.45) is 0. The molecule has 22 heavy (non-hydrogen) atoms. The van der Waals surface area contributed by atoms with E-state index in [1.807, 2.05) is 6.07 Å². The van der Waals surface area contributed by atoms with Gasteiger partial charge in [-0.25, -0.2) is 9.83 Å². The van der Waals surface area contributed by atoms with Crippen LogP contribution in [0.1, 0.15) is 5.56 Å². The van der Waals surface area contributed by atoms with E-state index >= 15 is 0 Å². The van der Waals surface area contributed by atoms with Crippen molar-refractivity contribution in [1.29, 1.82) is 5.26 Å². The van der Waals surface area contributed by atoms with Gasteiger partial charge in [0.2, 0.25) is 5.69 Å². The van der Waals surface area contributed by atoms with Crippen LogP contribution < -0.4 is 10.5 Å². The molecule has 0 saturated heterocycles. The minimum absolute atomic E-state index is 0.0367. The van der Waals surface area contributed by atoms with E-state index in [0.29, 0.717) is 16.9 Å². The van der Waals surface area contributed by atoms with E-state index in [0.717, 1.165) is 0 Å². The van der Waals surface area contributed by atoms with Gasteiger partial charge in [0.1, 0.15) is 29.3 Å². The maximum atomic E-state index is 9.31. The molecule has 0 fully saturated rings. The molecular formula is C15H12N4O2S. The zero-order chi connectivity index (χ0) is 16.1. The number of aromatic nitrogens is 1. The first kappa shape index (κ1) is 15.6. The van der Waals surface area contributed by atoms with E-state index in [1.54, 1.807) is 24.3 Å². The van der Waals surface area contributed by atoms with E-state index in [-0.39, 0.29) is 35.3 Å². The van der Waals surface area contributed by atoms with Crippen molar-refractivity contribution in [2.24, 2.45) is 0 Å². The minimum atomic E-state index is -0.0773. The first-order valence-corrected chi connectivity index (χ1v) is 6.71. The molecule has 6 nitrogen and oxygen atoms in total. The van der Waals surface area contributed by atoms with Crippen LogP contribution in [0.15, 0.2) is 29.3 Å². The summed E-state index contributed by atoms with van der Waals surface area (Å²) in [4.78, 5) is 7.29. The topological polar surface area (TPSA) is 96.5 Å². The number of nitriles is 1. The lowest BCUT2D eigenvalue weighted by Crippen LogP contribution is -2.01. The summed E-state index contributed by atoms with van der Waals surface area (Å²) in [6.45, 7) is 7.38. The molecule has 1 aromatic heterocycles. The molecule has 2 rings (SSSR count). The van der Waals surface area contributed by atoms with Crippen molar-refractivity contribution in [2.45, 2.75) is 5.03 Å². The highest BCUT2D eigenvalue weighted by Gasteiger charge is 2.18. The largest absolute Gasteiger partial charge is 0.491 e. The van der Waals surface area contributed by atoms with Crippen molar-refractivity contribution < 1.29 is 9.84 Å². The Morgan fingerprint density at radius 3 is 2.64 bits per heavy atom. The van der Waals surface area contributed by atoms with Crippen LogP contribution in [-0.2, 0) is 0 Å². The van der Waals surface area contributed by atoms with Gasteiger partial charge in [-0.15, -0.1) is 12.6 Å². The molecule has 0 aliphatic heterocycles. The number of aliphatic hydroxyl groups is 1. The number of rotatable bonds is 4. The Bertz CT molecular complexity index is 738. The monoisotopic (exact) mass is 312 g/mol. The van der Waals surface area contributed by atoms with Crippen LogP contribution in [-0.4, -0.2) is 23.3 Å². The second kappa shape index (κ2) is 6.81. The average molecular weight is 312 g/mol. The van der Waals surface area contributed by atoms with Gasteiger partial charge in [0.15, 0.2) is 0 Å². The number of nitrogens with zero attached hydrogens (tertiary/aromatic N) is 3. The summed E-state index contributed by atoms with van der Waals surface area (Å²) >= 11 is 4.15. The lowest BCUT2D eigenvalue weighted by atomic mass is 10.00. The maximum Gasteiger partial charge on any atom is 0.236 e. The zero-order valence-corrected chi connectivity index (χ0v) is 12.3. The number of ether oxygens (including phenoxy) is 1. The maximum absolute atomic E-state index is 9.31. The molecular weight excluding hydrogens is 300 g/mol. The van der Waals surface area contributed by atoms with Crippen LogP contribution >= 0.6 is 12.6 Å². The fraction of sp³-hybridized carbons (Fsp3) is 0.133. The lowest BCUT2D eigenvalue weighted by Gasteiger charge is -2.11. The van der Waals surface area contributed by atoms with Crippen molar-refractivity contribution in [3.05, 3.63) is 41.2 Å². The average Bonchev–Trinajstić information content (AvgIpc) is 2.53. The van der Waals surface area contributed by atoms with Gasteiger partial charge < -0.3 is 15.6 Å². The van der Waals surface area contributed by atoms with E-state index < -0.39 is 0 Å². The predicted molar refractivity (Wildman–Crippen MR) is 84.9 cm³/mol. The highest BCUT2D eigenvalue weighted by molar-refractivity contribution is 7.80. The number of hydrogen-bond acceptors (Lipinski definition) is 6. The van der Waals surface area contributed by atoms with Crippen LogP contribution in [0.2, 0.25) is 0 Å². The van der Waals surface area contributed by atoms with E-state index in [2.05, 4.69) is 22.5 Å². The summed E-state index contributed by atoms with van der Waals surface area (Å²) in [7, 11) is 0. The third kappa shape index (κ3) is 2.96. The van der Waals surface area contributed by atoms with E-state index in [9.17, 15) is 5.26 Å². The van der Waals surface area contributed by atoms with Gasteiger partial charge in [-0.05, 0) is 17.7 Å². The number of hydrogen-bond donors (Lipinski definition) is 3. The molecule has 0 radical (unpaired) electrons. The minimum Gasteiger partial charge on any atom is -0.491 e. The second-order valence-corrected chi connectivity index (χ2v) is 4.66. The van der Waals surface area contributed by atoms with Gasteiger partial charge >= 0.3 is 0 Å². The molecule has 1 aromatic carbocycles. The standard InChI is InChI=1S/C15H12N4O2S/c1-18-13-12(11(8-16)15(22)19-14(13)17)9-2-4-10(5-3-9)21-7-6-20/h2-5,20H,6-7H2,(H3,17,19,22). The van der Waals surface area contributed by atoms with Crippen LogP contribution in [0.3, 0.4) is 0 Å². The normalized spacial score (nSPS) is 9.82. The van der Waals surface area contributed by atoms with Gasteiger partial charge in [-0.1, -0.05) is 12.1 Å². The molecule has 1 heterocycles. The summed E-state index contributed by atoms with van der Waals surface area (Å²) < 4.78 is 5.28. The number of benzene rings is 1. The Balaban J connectivity index is 2.57. The van der Waals surface area contributed by atoms with Gasteiger partial charge in [-0.2, -0.15) is 5.26 Å².